The molecule has 88 valence electrons. The highest BCUT2D eigenvalue weighted by Crippen LogP contribution is 2.22. The Balaban J connectivity index is 2.24. The van der Waals surface area contributed by atoms with Crippen LogP contribution in [-0.4, -0.2) is 25.2 Å². The molecule has 2 nitrogen and oxygen atoms in total. The molecule has 1 N–H and O–H groups in total. The minimum absolute atomic E-state index is 0.115. The summed E-state index contributed by atoms with van der Waals surface area (Å²) in [4.78, 5) is 2.27. The number of rotatable bonds is 1. The lowest BCUT2D eigenvalue weighted by Crippen LogP contribution is -2.54. The zero-order valence-electron chi connectivity index (χ0n) is 10.1. The van der Waals surface area contributed by atoms with E-state index >= 15 is 0 Å². The van der Waals surface area contributed by atoms with Crippen LogP contribution in [0.3, 0.4) is 0 Å². The first kappa shape index (κ1) is 11.4. The number of nitrogens with zero attached hydrogens (tertiary/aromatic N) is 1. The SMILES string of the molecule is Cc1ccc(N2CC(C)NCC2C)cc1F. The molecule has 2 rings (SSSR count). The molecule has 1 aromatic carbocycles. The summed E-state index contributed by atoms with van der Waals surface area (Å²) in [5.74, 6) is -0.115. The normalized spacial score (nSPS) is 25.9. The molecule has 1 aromatic rings. The van der Waals surface area contributed by atoms with E-state index in [1.54, 1.807) is 13.0 Å². The summed E-state index contributed by atoms with van der Waals surface area (Å²) in [6, 6.07) is 6.37. The van der Waals surface area contributed by atoms with Crippen LogP contribution in [0.4, 0.5) is 10.1 Å². The largest absolute Gasteiger partial charge is 0.366 e. The van der Waals surface area contributed by atoms with E-state index in [0.29, 0.717) is 17.6 Å². The van der Waals surface area contributed by atoms with Crippen molar-refractivity contribution in [3.8, 4) is 0 Å². The maximum Gasteiger partial charge on any atom is 0.128 e. The minimum atomic E-state index is -0.115. The van der Waals surface area contributed by atoms with Gasteiger partial charge in [-0.15, -0.1) is 0 Å². The summed E-state index contributed by atoms with van der Waals surface area (Å²) < 4.78 is 13.5. The molecule has 2 atom stereocenters. The number of anilines is 1. The van der Waals surface area contributed by atoms with Gasteiger partial charge < -0.3 is 10.2 Å². The number of hydrogen-bond acceptors (Lipinski definition) is 2. The van der Waals surface area contributed by atoms with Crippen LogP contribution >= 0.6 is 0 Å². The highest BCUT2D eigenvalue weighted by Gasteiger charge is 2.22. The topological polar surface area (TPSA) is 15.3 Å². The average Bonchev–Trinajstić information content (AvgIpc) is 2.26. The van der Waals surface area contributed by atoms with Crippen molar-refractivity contribution in [2.75, 3.05) is 18.0 Å². The van der Waals surface area contributed by atoms with Crippen LogP contribution in [0.1, 0.15) is 19.4 Å². The van der Waals surface area contributed by atoms with Crippen molar-refractivity contribution in [1.82, 2.24) is 5.32 Å². The van der Waals surface area contributed by atoms with Gasteiger partial charge in [-0.2, -0.15) is 0 Å². The molecule has 16 heavy (non-hydrogen) atoms. The summed E-state index contributed by atoms with van der Waals surface area (Å²) in [6.07, 6.45) is 0. The summed E-state index contributed by atoms with van der Waals surface area (Å²) in [5, 5.41) is 3.42. The Morgan fingerprint density at radius 2 is 2.12 bits per heavy atom. The number of piperazine rings is 1. The number of hydrogen-bond donors (Lipinski definition) is 1. The maximum atomic E-state index is 13.5. The zero-order valence-corrected chi connectivity index (χ0v) is 10.1. The van der Waals surface area contributed by atoms with Gasteiger partial charge in [-0.3, -0.25) is 0 Å². The summed E-state index contributed by atoms with van der Waals surface area (Å²) >= 11 is 0. The number of benzene rings is 1. The Hall–Kier alpha value is -1.09. The Kier molecular flexibility index (Phi) is 3.15. The Bertz CT molecular complexity index is 378. The number of aryl methyl sites for hydroxylation is 1. The summed E-state index contributed by atoms with van der Waals surface area (Å²) in [7, 11) is 0. The lowest BCUT2D eigenvalue weighted by atomic mass is 10.1. The summed E-state index contributed by atoms with van der Waals surface area (Å²) in [6.45, 7) is 8.00. The molecule has 0 amide bonds. The molecule has 0 radical (unpaired) electrons. The Morgan fingerprint density at radius 3 is 2.81 bits per heavy atom. The third kappa shape index (κ3) is 2.19. The van der Waals surface area contributed by atoms with E-state index in [2.05, 4.69) is 24.1 Å². The third-order valence-corrected chi connectivity index (χ3v) is 3.25. The van der Waals surface area contributed by atoms with Crippen LogP contribution in [-0.2, 0) is 0 Å². The van der Waals surface area contributed by atoms with E-state index in [1.807, 2.05) is 12.1 Å². The third-order valence-electron chi connectivity index (χ3n) is 3.25. The van der Waals surface area contributed by atoms with E-state index in [-0.39, 0.29) is 5.82 Å². The molecule has 0 aromatic heterocycles. The smallest absolute Gasteiger partial charge is 0.128 e. The van der Waals surface area contributed by atoms with Crippen molar-refractivity contribution in [3.05, 3.63) is 29.6 Å². The predicted molar refractivity (Wildman–Crippen MR) is 65.4 cm³/mol. The molecule has 0 bridgehead atoms. The highest BCUT2D eigenvalue weighted by molar-refractivity contribution is 5.49. The van der Waals surface area contributed by atoms with Crippen LogP contribution < -0.4 is 10.2 Å². The van der Waals surface area contributed by atoms with Gasteiger partial charge in [0.15, 0.2) is 0 Å². The molecule has 1 aliphatic rings. The Morgan fingerprint density at radius 1 is 1.38 bits per heavy atom. The van der Waals surface area contributed by atoms with Gasteiger partial charge in [0.05, 0.1) is 0 Å². The van der Waals surface area contributed by atoms with E-state index in [0.717, 1.165) is 18.8 Å². The predicted octanol–water partition coefficient (Wildman–Crippen LogP) is 2.32. The minimum Gasteiger partial charge on any atom is -0.366 e. The maximum absolute atomic E-state index is 13.5. The average molecular weight is 222 g/mol. The molecule has 2 unspecified atom stereocenters. The van der Waals surface area contributed by atoms with Crippen LogP contribution in [0, 0.1) is 12.7 Å². The first-order valence-electron chi connectivity index (χ1n) is 5.84. The van der Waals surface area contributed by atoms with Crippen molar-refractivity contribution < 1.29 is 4.39 Å². The van der Waals surface area contributed by atoms with E-state index in [1.165, 1.54) is 0 Å². The van der Waals surface area contributed by atoms with Crippen molar-refractivity contribution in [1.29, 1.82) is 0 Å². The van der Waals surface area contributed by atoms with Crippen LogP contribution in [0.15, 0.2) is 18.2 Å². The molecule has 1 heterocycles. The van der Waals surface area contributed by atoms with Gasteiger partial charge in [-0.1, -0.05) is 6.07 Å². The van der Waals surface area contributed by atoms with Crippen LogP contribution in [0.25, 0.3) is 0 Å². The molecule has 1 aliphatic heterocycles. The lowest BCUT2D eigenvalue weighted by Gasteiger charge is -2.39. The van der Waals surface area contributed by atoms with E-state index < -0.39 is 0 Å². The number of nitrogens with one attached hydrogen (secondary N) is 1. The van der Waals surface area contributed by atoms with Gasteiger partial charge in [-0.05, 0) is 38.5 Å². The summed E-state index contributed by atoms with van der Waals surface area (Å²) in [5.41, 5.74) is 1.70. The van der Waals surface area contributed by atoms with Crippen LogP contribution in [0.2, 0.25) is 0 Å². The monoisotopic (exact) mass is 222 g/mol. The first-order valence-corrected chi connectivity index (χ1v) is 5.84. The van der Waals surface area contributed by atoms with Crippen molar-refractivity contribution >= 4 is 5.69 Å². The van der Waals surface area contributed by atoms with Gasteiger partial charge in [0, 0.05) is 30.9 Å². The molecule has 0 saturated carbocycles. The second-order valence-electron chi connectivity index (χ2n) is 4.74. The fraction of sp³-hybridized carbons (Fsp3) is 0.538. The molecular formula is C13H19FN2. The molecule has 1 saturated heterocycles. The quantitative estimate of drug-likeness (QED) is 0.784. The van der Waals surface area contributed by atoms with Gasteiger partial charge in [0.2, 0.25) is 0 Å². The van der Waals surface area contributed by atoms with Gasteiger partial charge >= 0.3 is 0 Å². The second kappa shape index (κ2) is 4.42. The number of halogens is 1. The van der Waals surface area contributed by atoms with Gasteiger partial charge in [-0.25, -0.2) is 4.39 Å². The second-order valence-corrected chi connectivity index (χ2v) is 4.74. The standard InChI is InChI=1S/C13H19FN2/c1-9-4-5-12(6-13(9)14)16-8-10(2)15-7-11(16)3/h4-6,10-11,15H,7-8H2,1-3H3. The first-order chi connectivity index (χ1) is 7.58. The molecule has 0 aliphatic carbocycles. The van der Waals surface area contributed by atoms with Crippen molar-refractivity contribution in [3.63, 3.8) is 0 Å². The fourth-order valence-electron chi connectivity index (χ4n) is 2.14. The zero-order chi connectivity index (χ0) is 11.7. The molecular weight excluding hydrogens is 203 g/mol. The van der Waals surface area contributed by atoms with Crippen molar-refractivity contribution in [2.24, 2.45) is 0 Å². The Labute approximate surface area is 96.5 Å². The fourth-order valence-corrected chi connectivity index (χ4v) is 2.14. The molecule has 3 heteroatoms. The van der Waals surface area contributed by atoms with Crippen molar-refractivity contribution in [2.45, 2.75) is 32.9 Å². The highest BCUT2D eigenvalue weighted by atomic mass is 19.1. The van der Waals surface area contributed by atoms with Gasteiger partial charge in [0.25, 0.3) is 0 Å². The van der Waals surface area contributed by atoms with E-state index in [4.69, 9.17) is 0 Å². The molecule has 1 fully saturated rings. The van der Waals surface area contributed by atoms with Gasteiger partial charge in [0.1, 0.15) is 5.82 Å². The lowest BCUT2D eigenvalue weighted by molar-refractivity contribution is 0.424. The molecule has 0 spiro atoms. The van der Waals surface area contributed by atoms with E-state index in [9.17, 15) is 4.39 Å². The van der Waals surface area contributed by atoms with Crippen LogP contribution in [0.5, 0.6) is 0 Å².